The normalized spacial score (nSPS) is 12.9. The molecule has 1 amide bonds. The second kappa shape index (κ2) is 9.70. The maximum absolute atomic E-state index is 11.7. The lowest BCUT2D eigenvalue weighted by molar-refractivity contribution is 0.0135. The molecule has 0 aliphatic carbocycles. The summed E-state index contributed by atoms with van der Waals surface area (Å²) in [5.74, 6) is -1.10. The molecular formula is C20H23NO6. The van der Waals surface area contributed by atoms with Crippen molar-refractivity contribution in [3.63, 3.8) is 0 Å². The van der Waals surface area contributed by atoms with Gasteiger partial charge in [0.2, 0.25) is 0 Å². The van der Waals surface area contributed by atoms with E-state index in [1.165, 1.54) is 6.07 Å². The van der Waals surface area contributed by atoms with Crippen molar-refractivity contribution in [2.75, 3.05) is 6.54 Å². The maximum atomic E-state index is 11.7. The van der Waals surface area contributed by atoms with Gasteiger partial charge in [0.15, 0.2) is 0 Å². The van der Waals surface area contributed by atoms with Crippen LogP contribution < -0.4 is 5.32 Å². The molecular weight excluding hydrogens is 350 g/mol. The van der Waals surface area contributed by atoms with E-state index < -0.39 is 24.3 Å². The van der Waals surface area contributed by atoms with E-state index in [9.17, 15) is 19.8 Å². The zero-order valence-electron chi connectivity index (χ0n) is 15.0. The first-order valence-electron chi connectivity index (χ1n) is 8.53. The Morgan fingerprint density at radius 3 is 2.48 bits per heavy atom. The number of rotatable bonds is 8. The zero-order valence-corrected chi connectivity index (χ0v) is 15.0. The van der Waals surface area contributed by atoms with E-state index in [0.717, 1.165) is 5.56 Å². The average Bonchev–Trinajstić information content (AvgIpc) is 2.66. The molecule has 0 saturated heterocycles. The Bertz CT molecular complexity index is 777. The van der Waals surface area contributed by atoms with Crippen LogP contribution >= 0.6 is 0 Å². The molecule has 0 aromatic heterocycles. The van der Waals surface area contributed by atoms with Crippen molar-refractivity contribution in [3.05, 3.63) is 70.8 Å². The summed E-state index contributed by atoms with van der Waals surface area (Å²) in [6.07, 6.45) is -2.96. The molecule has 2 atom stereocenters. The molecule has 2 aromatic carbocycles. The summed E-state index contributed by atoms with van der Waals surface area (Å²) in [5, 5.41) is 32.0. The number of aryl methyl sites for hydroxylation is 1. The van der Waals surface area contributed by atoms with Gasteiger partial charge in [-0.3, -0.25) is 0 Å². The highest BCUT2D eigenvalue weighted by Crippen LogP contribution is 2.22. The van der Waals surface area contributed by atoms with E-state index in [4.69, 9.17) is 9.84 Å². The number of hydrogen-bond donors (Lipinski definition) is 4. The van der Waals surface area contributed by atoms with Crippen molar-refractivity contribution in [2.45, 2.75) is 32.2 Å². The van der Waals surface area contributed by atoms with Crippen molar-refractivity contribution in [2.24, 2.45) is 0 Å². The Kier molecular flexibility index (Phi) is 7.34. The van der Waals surface area contributed by atoms with Crippen molar-refractivity contribution < 1.29 is 29.6 Å². The third-order valence-corrected chi connectivity index (χ3v) is 4.12. The molecule has 0 spiro atoms. The van der Waals surface area contributed by atoms with Gasteiger partial charge < -0.3 is 25.4 Å². The van der Waals surface area contributed by atoms with Crippen LogP contribution in [0.1, 0.15) is 39.6 Å². The highest BCUT2D eigenvalue weighted by Gasteiger charge is 2.20. The fourth-order valence-electron chi connectivity index (χ4n) is 2.53. The summed E-state index contributed by atoms with van der Waals surface area (Å²) in [7, 11) is 0. The summed E-state index contributed by atoms with van der Waals surface area (Å²) in [4.78, 5) is 22.8. The molecule has 0 heterocycles. The lowest BCUT2D eigenvalue weighted by atomic mass is 9.97. The van der Waals surface area contributed by atoms with Crippen LogP contribution in [0.4, 0.5) is 4.79 Å². The Balaban J connectivity index is 1.79. The van der Waals surface area contributed by atoms with E-state index >= 15 is 0 Å². The highest BCUT2D eigenvalue weighted by molar-refractivity contribution is 5.89. The minimum Gasteiger partial charge on any atom is -0.478 e. The Labute approximate surface area is 157 Å². The summed E-state index contributed by atoms with van der Waals surface area (Å²) in [6, 6.07) is 13.7. The van der Waals surface area contributed by atoms with Gasteiger partial charge in [0, 0.05) is 6.54 Å². The number of aromatic carboxylic acids is 1. The largest absolute Gasteiger partial charge is 0.478 e. The number of benzene rings is 2. The molecule has 0 radical (unpaired) electrons. The number of carbonyl (C=O) groups excluding carboxylic acids is 1. The lowest BCUT2D eigenvalue weighted by Gasteiger charge is -2.19. The van der Waals surface area contributed by atoms with Crippen molar-refractivity contribution in [3.8, 4) is 0 Å². The first-order valence-corrected chi connectivity index (χ1v) is 8.53. The van der Waals surface area contributed by atoms with E-state index in [1.54, 1.807) is 19.1 Å². The molecule has 7 nitrogen and oxygen atoms in total. The summed E-state index contributed by atoms with van der Waals surface area (Å²) >= 11 is 0. The van der Waals surface area contributed by atoms with E-state index in [1.807, 2.05) is 30.3 Å². The molecule has 0 fully saturated rings. The summed E-state index contributed by atoms with van der Waals surface area (Å²) in [5.41, 5.74) is 1.80. The molecule has 144 valence electrons. The molecule has 0 bridgehead atoms. The standard InChI is InChI=1S/C20H23NO6/c1-13-7-8-15(11-16(13)19(24)25)18(23)17(22)9-10-21-20(26)27-12-14-5-3-2-4-6-14/h2-8,11,17-18,22-23H,9-10,12H2,1H3,(H,21,26)(H,24,25). The van der Waals surface area contributed by atoms with Crippen molar-refractivity contribution in [1.29, 1.82) is 0 Å². The van der Waals surface area contributed by atoms with Crippen LogP contribution in [0.3, 0.4) is 0 Å². The number of aliphatic hydroxyl groups is 2. The second-order valence-electron chi connectivity index (χ2n) is 6.17. The van der Waals surface area contributed by atoms with Crippen LogP contribution in [-0.2, 0) is 11.3 Å². The van der Waals surface area contributed by atoms with Gasteiger partial charge in [-0.05, 0) is 36.1 Å². The summed E-state index contributed by atoms with van der Waals surface area (Å²) < 4.78 is 5.05. The molecule has 2 aromatic rings. The fourth-order valence-corrected chi connectivity index (χ4v) is 2.53. The first-order chi connectivity index (χ1) is 12.9. The number of ether oxygens (including phenoxy) is 1. The number of nitrogens with one attached hydrogen (secondary N) is 1. The van der Waals surface area contributed by atoms with Gasteiger partial charge in [0.1, 0.15) is 12.7 Å². The molecule has 2 rings (SSSR count). The van der Waals surface area contributed by atoms with Gasteiger partial charge in [0.25, 0.3) is 0 Å². The highest BCUT2D eigenvalue weighted by atomic mass is 16.5. The first kappa shape index (κ1) is 20.4. The minimum atomic E-state index is -1.26. The zero-order chi connectivity index (χ0) is 19.8. The second-order valence-corrected chi connectivity index (χ2v) is 6.17. The van der Waals surface area contributed by atoms with Crippen molar-refractivity contribution in [1.82, 2.24) is 5.32 Å². The third kappa shape index (κ3) is 6.09. The lowest BCUT2D eigenvalue weighted by Crippen LogP contribution is -2.29. The van der Waals surface area contributed by atoms with Crippen LogP contribution in [-0.4, -0.2) is 40.0 Å². The van der Waals surface area contributed by atoms with Gasteiger partial charge in [0.05, 0.1) is 11.7 Å². The van der Waals surface area contributed by atoms with E-state index in [0.29, 0.717) is 11.1 Å². The van der Waals surface area contributed by atoms with E-state index in [2.05, 4.69) is 5.32 Å². The number of aliphatic hydroxyl groups excluding tert-OH is 2. The predicted molar refractivity (Wildman–Crippen MR) is 98.4 cm³/mol. The topological polar surface area (TPSA) is 116 Å². The Morgan fingerprint density at radius 1 is 1.11 bits per heavy atom. The van der Waals surface area contributed by atoms with Crippen LogP contribution in [0, 0.1) is 6.92 Å². The quantitative estimate of drug-likeness (QED) is 0.565. The summed E-state index contributed by atoms with van der Waals surface area (Å²) in [6.45, 7) is 1.89. The third-order valence-electron chi connectivity index (χ3n) is 4.12. The van der Waals surface area contributed by atoms with Crippen LogP contribution in [0.5, 0.6) is 0 Å². The molecule has 0 aliphatic heterocycles. The molecule has 7 heteroatoms. The molecule has 0 saturated carbocycles. The average molecular weight is 373 g/mol. The van der Waals surface area contributed by atoms with E-state index in [-0.39, 0.29) is 25.1 Å². The van der Waals surface area contributed by atoms with Gasteiger partial charge in [-0.2, -0.15) is 0 Å². The minimum absolute atomic E-state index is 0.0707. The van der Waals surface area contributed by atoms with Crippen molar-refractivity contribution >= 4 is 12.1 Å². The Hall–Kier alpha value is -2.90. The number of carboxylic acids is 1. The number of hydrogen-bond acceptors (Lipinski definition) is 5. The number of amides is 1. The maximum Gasteiger partial charge on any atom is 0.407 e. The Morgan fingerprint density at radius 2 is 1.81 bits per heavy atom. The number of alkyl carbamates (subject to hydrolysis) is 1. The predicted octanol–water partition coefficient (Wildman–Crippen LogP) is 2.40. The van der Waals surface area contributed by atoms with Gasteiger partial charge in [-0.1, -0.05) is 42.5 Å². The van der Waals surface area contributed by atoms with Gasteiger partial charge >= 0.3 is 12.1 Å². The molecule has 2 unspecified atom stereocenters. The SMILES string of the molecule is Cc1ccc(C(O)C(O)CCNC(=O)OCc2ccccc2)cc1C(=O)O. The fraction of sp³-hybridized carbons (Fsp3) is 0.300. The molecule has 4 N–H and O–H groups in total. The van der Waals surface area contributed by atoms with Crippen LogP contribution in [0.25, 0.3) is 0 Å². The van der Waals surface area contributed by atoms with Gasteiger partial charge in [-0.25, -0.2) is 9.59 Å². The van der Waals surface area contributed by atoms with Crippen LogP contribution in [0.2, 0.25) is 0 Å². The number of carbonyl (C=O) groups is 2. The van der Waals surface area contributed by atoms with Crippen LogP contribution in [0.15, 0.2) is 48.5 Å². The molecule has 27 heavy (non-hydrogen) atoms. The molecule has 0 aliphatic rings. The number of carboxylic acid groups (broad SMARTS) is 1. The van der Waals surface area contributed by atoms with Gasteiger partial charge in [-0.15, -0.1) is 0 Å². The monoisotopic (exact) mass is 373 g/mol. The smallest absolute Gasteiger partial charge is 0.407 e.